The van der Waals surface area contributed by atoms with E-state index < -0.39 is 0 Å². The monoisotopic (exact) mass is 307 g/mol. The zero-order valence-electron chi connectivity index (χ0n) is 12.2. The molecule has 0 aliphatic heterocycles. The maximum atomic E-state index is 13.6. The van der Waals surface area contributed by atoms with E-state index in [2.05, 4.69) is 12.2 Å². The zero-order valence-corrected chi connectivity index (χ0v) is 13.0. The largest absolute Gasteiger partial charge is 0.457 e. The van der Waals surface area contributed by atoms with Gasteiger partial charge in [-0.3, -0.25) is 0 Å². The van der Waals surface area contributed by atoms with Gasteiger partial charge >= 0.3 is 0 Å². The molecule has 0 aromatic heterocycles. The fourth-order valence-electron chi connectivity index (χ4n) is 1.96. The van der Waals surface area contributed by atoms with Gasteiger partial charge < -0.3 is 10.1 Å². The minimum Gasteiger partial charge on any atom is -0.457 e. The van der Waals surface area contributed by atoms with E-state index in [9.17, 15) is 4.39 Å². The van der Waals surface area contributed by atoms with Crippen molar-refractivity contribution in [2.45, 2.75) is 26.8 Å². The second-order valence-corrected chi connectivity index (χ2v) is 5.31. The standard InChI is InChI=1S/C17H19ClFNO/c1-3-9-20-11-14-15(18)5-4-6-17(14)21-13-8-7-12(2)16(19)10-13/h4-8,10,20H,3,9,11H2,1-2H3. The molecule has 1 N–H and O–H groups in total. The minimum absolute atomic E-state index is 0.278. The molecule has 2 rings (SSSR count). The molecule has 4 heteroatoms. The molecule has 0 fully saturated rings. The third kappa shape index (κ3) is 4.19. The Morgan fingerprint density at radius 1 is 1.24 bits per heavy atom. The highest BCUT2D eigenvalue weighted by Crippen LogP contribution is 2.31. The second kappa shape index (κ2) is 7.43. The molecular formula is C17H19ClFNO. The Morgan fingerprint density at radius 3 is 2.76 bits per heavy atom. The van der Waals surface area contributed by atoms with Crippen LogP contribution in [-0.4, -0.2) is 6.54 Å². The molecule has 2 aromatic carbocycles. The molecule has 0 saturated heterocycles. The molecule has 0 spiro atoms. The second-order valence-electron chi connectivity index (χ2n) is 4.91. The summed E-state index contributed by atoms with van der Waals surface area (Å²) in [5, 5.41) is 3.94. The number of aryl methyl sites for hydroxylation is 1. The van der Waals surface area contributed by atoms with E-state index in [0.29, 0.717) is 28.6 Å². The van der Waals surface area contributed by atoms with Crippen LogP contribution < -0.4 is 10.1 Å². The molecule has 2 nitrogen and oxygen atoms in total. The Morgan fingerprint density at radius 2 is 2.05 bits per heavy atom. The quantitative estimate of drug-likeness (QED) is 0.751. The van der Waals surface area contributed by atoms with E-state index >= 15 is 0 Å². The molecule has 21 heavy (non-hydrogen) atoms. The fourth-order valence-corrected chi connectivity index (χ4v) is 2.19. The van der Waals surface area contributed by atoms with Crippen molar-refractivity contribution in [2.75, 3.05) is 6.54 Å². The summed E-state index contributed by atoms with van der Waals surface area (Å²) in [4.78, 5) is 0. The summed E-state index contributed by atoms with van der Waals surface area (Å²) in [5.74, 6) is 0.839. The molecule has 0 amide bonds. The molecule has 0 heterocycles. The first-order chi connectivity index (χ1) is 10.1. The van der Waals surface area contributed by atoms with Crippen LogP contribution in [0.2, 0.25) is 5.02 Å². The molecule has 0 radical (unpaired) electrons. The van der Waals surface area contributed by atoms with Crippen molar-refractivity contribution < 1.29 is 9.13 Å². The van der Waals surface area contributed by atoms with Gasteiger partial charge in [-0.2, -0.15) is 0 Å². The van der Waals surface area contributed by atoms with Gasteiger partial charge in [-0.05, 0) is 43.7 Å². The van der Waals surface area contributed by atoms with Crippen molar-refractivity contribution in [1.29, 1.82) is 0 Å². The summed E-state index contributed by atoms with van der Waals surface area (Å²) >= 11 is 6.24. The lowest BCUT2D eigenvalue weighted by atomic mass is 10.2. The summed E-state index contributed by atoms with van der Waals surface area (Å²) in [7, 11) is 0. The molecule has 112 valence electrons. The molecule has 0 aliphatic carbocycles. The molecule has 0 atom stereocenters. The minimum atomic E-state index is -0.278. The molecule has 0 unspecified atom stereocenters. The van der Waals surface area contributed by atoms with Crippen LogP contribution in [-0.2, 0) is 6.54 Å². The van der Waals surface area contributed by atoms with Gasteiger partial charge in [0.2, 0.25) is 0 Å². The number of rotatable bonds is 6. The van der Waals surface area contributed by atoms with Crippen molar-refractivity contribution in [3.63, 3.8) is 0 Å². The SMILES string of the molecule is CCCNCc1c(Cl)cccc1Oc1ccc(C)c(F)c1. The van der Waals surface area contributed by atoms with Crippen molar-refractivity contribution in [3.05, 3.63) is 58.4 Å². The summed E-state index contributed by atoms with van der Waals surface area (Å²) < 4.78 is 19.4. The van der Waals surface area contributed by atoms with Crippen LogP contribution in [0.25, 0.3) is 0 Å². The average molecular weight is 308 g/mol. The average Bonchev–Trinajstić information content (AvgIpc) is 2.46. The maximum Gasteiger partial charge on any atom is 0.133 e. The number of hydrogen-bond donors (Lipinski definition) is 1. The lowest BCUT2D eigenvalue weighted by Gasteiger charge is -2.13. The Bertz CT molecular complexity index is 616. The summed E-state index contributed by atoms with van der Waals surface area (Å²) in [5.41, 5.74) is 1.48. The summed E-state index contributed by atoms with van der Waals surface area (Å²) in [6, 6.07) is 10.3. The molecule has 0 bridgehead atoms. The Kier molecular flexibility index (Phi) is 5.59. The number of nitrogens with one attached hydrogen (secondary N) is 1. The van der Waals surface area contributed by atoms with Crippen LogP contribution in [0.1, 0.15) is 24.5 Å². The topological polar surface area (TPSA) is 21.3 Å². The van der Waals surface area contributed by atoms with Gasteiger partial charge in [-0.25, -0.2) is 4.39 Å². The lowest BCUT2D eigenvalue weighted by molar-refractivity contribution is 0.467. The highest BCUT2D eigenvalue weighted by atomic mass is 35.5. The first-order valence-electron chi connectivity index (χ1n) is 7.04. The van der Waals surface area contributed by atoms with Gasteiger partial charge in [0.05, 0.1) is 0 Å². The van der Waals surface area contributed by atoms with E-state index in [0.717, 1.165) is 18.5 Å². The predicted octanol–water partition coefficient (Wildman–Crippen LogP) is 5.08. The van der Waals surface area contributed by atoms with Crippen molar-refractivity contribution >= 4 is 11.6 Å². The fraction of sp³-hybridized carbons (Fsp3) is 0.294. The van der Waals surface area contributed by atoms with Crippen molar-refractivity contribution in [3.8, 4) is 11.5 Å². The van der Waals surface area contributed by atoms with Crippen LogP contribution in [0.5, 0.6) is 11.5 Å². The van der Waals surface area contributed by atoms with Gasteiger partial charge in [-0.1, -0.05) is 30.7 Å². The van der Waals surface area contributed by atoms with Crippen LogP contribution in [0, 0.1) is 12.7 Å². The zero-order chi connectivity index (χ0) is 15.2. The number of hydrogen-bond acceptors (Lipinski definition) is 2. The molecule has 0 aliphatic rings. The van der Waals surface area contributed by atoms with Crippen molar-refractivity contribution in [1.82, 2.24) is 5.32 Å². The lowest BCUT2D eigenvalue weighted by Crippen LogP contribution is -2.14. The van der Waals surface area contributed by atoms with E-state index in [1.165, 1.54) is 6.07 Å². The van der Waals surface area contributed by atoms with Gasteiger partial charge in [-0.15, -0.1) is 0 Å². The number of halogens is 2. The van der Waals surface area contributed by atoms with Crippen LogP contribution in [0.3, 0.4) is 0 Å². The number of benzene rings is 2. The van der Waals surface area contributed by atoms with E-state index in [1.807, 2.05) is 18.2 Å². The number of ether oxygens (including phenoxy) is 1. The van der Waals surface area contributed by atoms with Crippen LogP contribution >= 0.6 is 11.6 Å². The molecule has 0 saturated carbocycles. The van der Waals surface area contributed by atoms with Gasteiger partial charge in [0.15, 0.2) is 0 Å². The molecular weight excluding hydrogens is 289 g/mol. The first-order valence-corrected chi connectivity index (χ1v) is 7.41. The third-order valence-corrected chi connectivity index (χ3v) is 3.53. The predicted molar refractivity (Wildman–Crippen MR) is 84.7 cm³/mol. The van der Waals surface area contributed by atoms with E-state index in [4.69, 9.17) is 16.3 Å². The summed E-state index contributed by atoms with van der Waals surface area (Å²) in [6.07, 6.45) is 1.05. The Balaban J connectivity index is 2.22. The Labute approximate surface area is 129 Å². The van der Waals surface area contributed by atoms with E-state index in [1.54, 1.807) is 19.1 Å². The maximum absolute atomic E-state index is 13.6. The normalized spacial score (nSPS) is 10.7. The smallest absolute Gasteiger partial charge is 0.133 e. The van der Waals surface area contributed by atoms with Crippen LogP contribution in [0.4, 0.5) is 4.39 Å². The molecule has 2 aromatic rings. The van der Waals surface area contributed by atoms with E-state index in [-0.39, 0.29) is 5.82 Å². The first kappa shape index (κ1) is 15.8. The Hall–Kier alpha value is -1.58. The third-order valence-electron chi connectivity index (χ3n) is 3.18. The van der Waals surface area contributed by atoms with Crippen LogP contribution in [0.15, 0.2) is 36.4 Å². The highest BCUT2D eigenvalue weighted by molar-refractivity contribution is 6.31. The van der Waals surface area contributed by atoms with Gasteiger partial charge in [0.1, 0.15) is 17.3 Å². The van der Waals surface area contributed by atoms with Gasteiger partial charge in [0.25, 0.3) is 0 Å². The highest BCUT2D eigenvalue weighted by Gasteiger charge is 2.10. The summed E-state index contributed by atoms with van der Waals surface area (Å²) in [6.45, 7) is 5.35. The van der Waals surface area contributed by atoms with Gasteiger partial charge in [0, 0.05) is 23.2 Å². The van der Waals surface area contributed by atoms with Crippen molar-refractivity contribution in [2.24, 2.45) is 0 Å².